The molecule has 63 heavy (non-hydrogen) atoms. The molecule has 0 saturated heterocycles. The molecule has 0 aliphatic heterocycles. The fourth-order valence-corrected chi connectivity index (χ4v) is 8.30. The average Bonchev–Trinajstić information content (AvgIpc) is 3.19. The van der Waals surface area contributed by atoms with E-state index < -0.39 is 28.4 Å². The molecule has 0 radical (unpaired) electrons. The molecule has 0 bridgehead atoms. The molecule has 23 heteroatoms. The maximum absolute atomic E-state index is 12.2. The lowest BCUT2D eigenvalue weighted by atomic mass is 9.67. The Morgan fingerprint density at radius 3 is 2.24 bits per heavy atom. The Kier molecular flexibility index (Phi) is 16.2. The second-order valence-electron chi connectivity index (χ2n) is 15.4. The summed E-state index contributed by atoms with van der Waals surface area (Å²) >= 11 is 8.18. The van der Waals surface area contributed by atoms with E-state index in [9.17, 15) is 32.4 Å². The van der Waals surface area contributed by atoms with Crippen molar-refractivity contribution in [1.82, 2.24) is 15.0 Å². The molecular formula is C40H46ClN8O10PS3. The topological polar surface area (TPSA) is 278 Å². The number of azo groups is 1. The summed E-state index contributed by atoms with van der Waals surface area (Å²) in [4.78, 5) is 36.1. The normalized spacial score (nSPS) is 12.4. The van der Waals surface area contributed by atoms with E-state index in [1.807, 2.05) is 30.3 Å². The quantitative estimate of drug-likeness (QED) is 0.00818. The zero-order valence-corrected chi connectivity index (χ0v) is 39.2. The van der Waals surface area contributed by atoms with Gasteiger partial charge in [0, 0.05) is 22.4 Å². The summed E-state index contributed by atoms with van der Waals surface area (Å²) in [6, 6.07) is 19.9. The van der Waals surface area contributed by atoms with Gasteiger partial charge in [-0.3, -0.25) is 4.57 Å². The van der Waals surface area contributed by atoms with Gasteiger partial charge in [0.1, 0.15) is 21.5 Å². The molecule has 336 valence electrons. The van der Waals surface area contributed by atoms with Crippen LogP contribution in [0, 0.1) is 10.8 Å². The maximum Gasteiger partial charge on any atom is 0.356 e. The predicted octanol–water partition coefficient (Wildman–Crippen LogP) is 9.08. The largest absolute Gasteiger partial charge is 0.744 e. The van der Waals surface area contributed by atoms with E-state index in [4.69, 9.17) is 15.9 Å². The van der Waals surface area contributed by atoms with Crippen LogP contribution >= 0.6 is 43.0 Å². The number of hydrogen-bond acceptors (Lipinski definition) is 17. The van der Waals surface area contributed by atoms with Crippen molar-refractivity contribution in [3.8, 4) is 5.75 Å². The summed E-state index contributed by atoms with van der Waals surface area (Å²) in [5.74, 6) is -0.859. The number of phenolic OH excluding ortho intramolecular Hbond substituents is 1. The van der Waals surface area contributed by atoms with E-state index in [1.54, 1.807) is 12.3 Å². The second-order valence-corrected chi connectivity index (χ2v) is 20.2. The molecule has 1 aromatic heterocycles. The highest BCUT2D eigenvalue weighted by Gasteiger charge is 2.32. The molecule has 8 N–H and O–H groups in total. The molecule has 0 aliphatic rings. The van der Waals surface area contributed by atoms with E-state index in [-0.39, 0.29) is 50.3 Å². The van der Waals surface area contributed by atoms with Crippen molar-refractivity contribution in [2.45, 2.75) is 55.7 Å². The summed E-state index contributed by atoms with van der Waals surface area (Å²) in [5.41, 5.74) is 5.14. The van der Waals surface area contributed by atoms with E-state index in [0.29, 0.717) is 26.3 Å². The van der Waals surface area contributed by atoms with E-state index in [0.717, 1.165) is 41.5 Å². The Bertz CT molecular complexity index is 2810. The first-order valence-corrected chi connectivity index (χ1v) is 24.1. The number of fused-ring (bicyclic) bond motifs is 2. The van der Waals surface area contributed by atoms with Crippen molar-refractivity contribution in [2.24, 2.45) is 21.1 Å². The first-order chi connectivity index (χ1) is 29.6. The highest BCUT2D eigenvalue weighted by Crippen LogP contribution is 2.48. The molecule has 0 aliphatic carbocycles. The number of nitrogens with one attached hydrogen (secondary N) is 2. The third kappa shape index (κ3) is 12.6. The standard InChI is InChI=1S/C31H25ClN7O10PS3.C9H21N/c1-47-48-49-52-28-21-9-4-3-6-16(21)10-11-22(28)38-39-26-24(51-2)13-17-12-20(53(44,45)46)15-23(25(17)27(26)40)34-31-36-29(32)35-30(37-31)33-18-7-5-8-19(14-18)50(41,42)43;1-8(2,3)9(4,5)6-7-10/h3-15,40H,1-2H3,(H2,41,42,43)(H,44,45,46)(H2,33,34,35,36,37);6-7,10H2,1-5H3. The van der Waals surface area contributed by atoms with Crippen molar-refractivity contribution < 1.29 is 52.4 Å². The van der Waals surface area contributed by atoms with Gasteiger partial charge in [0.05, 0.1) is 46.5 Å². The lowest BCUT2D eigenvalue weighted by Gasteiger charge is -2.38. The number of halogens is 1. The molecule has 0 fully saturated rings. The van der Waals surface area contributed by atoms with Crippen molar-refractivity contribution in [1.29, 1.82) is 0 Å². The lowest BCUT2D eigenvalue weighted by molar-refractivity contribution is -0.447. The van der Waals surface area contributed by atoms with Gasteiger partial charge in [0.25, 0.3) is 0 Å². The average molecular weight is 961 g/mol. The van der Waals surface area contributed by atoms with Gasteiger partial charge in [-0.05, 0) is 87.3 Å². The van der Waals surface area contributed by atoms with Gasteiger partial charge < -0.3 is 35.8 Å². The van der Waals surface area contributed by atoms with Crippen molar-refractivity contribution in [3.05, 3.63) is 84.1 Å². The zero-order valence-electron chi connectivity index (χ0n) is 35.1. The molecule has 1 heterocycles. The molecular weight excluding hydrogens is 915 g/mol. The Morgan fingerprint density at radius 1 is 0.921 bits per heavy atom. The number of thioether (sulfide) groups is 1. The highest BCUT2D eigenvalue weighted by atomic mass is 35.5. The van der Waals surface area contributed by atoms with Gasteiger partial charge in [-0.1, -0.05) is 76.1 Å². The summed E-state index contributed by atoms with van der Waals surface area (Å²) < 4.78 is 53.5. The van der Waals surface area contributed by atoms with Gasteiger partial charge in [0.15, 0.2) is 5.75 Å². The third-order valence-corrected chi connectivity index (χ3v) is 13.5. The van der Waals surface area contributed by atoms with Crippen LogP contribution in [-0.4, -0.2) is 62.7 Å². The molecule has 6 rings (SSSR count). The molecule has 0 amide bonds. The number of phenols is 1. The van der Waals surface area contributed by atoms with Crippen molar-refractivity contribution in [3.63, 3.8) is 0 Å². The number of quaternary nitrogens is 1. The van der Waals surface area contributed by atoms with E-state index >= 15 is 0 Å². The van der Waals surface area contributed by atoms with Crippen LogP contribution in [-0.2, 0) is 28.9 Å². The van der Waals surface area contributed by atoms with Crippen molar-refractivity contribution in [2.75, 3.05) is 30.5 Å². The SMILES string of the molecule is CC(C)(C)C(C)(C)CC[NH3+].COOOSc1c(N=Nc2c(SC)cc3cc(S(=O)(=O)[O-])cc(Nc4nc(Cl)nc(Nc5cccc(P(=O)(O)O)c5)n4)c3c2O)ccc2ccccc12. The van der Waals surface area contributed by atoms with Gasteiger partial charge in [-0.25, -0.2) is 13.3 Å². The first-order valence-electron chi connectivity index (χ1n) is 18.8. The number of aromatic hydroxyl groups is 1. The van der Waals surface area contributed by atoms with Gasteiger partial charge in [-0.15, -0.1) is 26.3 Å². The Labute approximate surface area is 377 Å². The molecule has 5 aromatic carbocycles. The van der Waals surface area contributed by atoms with Crippen LogP contribution in [0.4, 0.5) is 34.6 Å². The van der Waals surface area contributed by atoms with Crippen LogP contribution in [0.1, 0.15) is 41.0 Å². The van der Waals surface area contributed by atoms with E-state index in [2.05, 4.69) is 86.1 Å². The highest BCUT2D eigenvalue weighted by molar-refractivity contribution is 7.98. The fraction of sp³-hybridized carbons (Fsp3) is 0.275. The van der Waals surface area contributed by atoms with Gasteiger partial charge in [-0.2, -0.15) is 15.0 Å². The minimum absolute atomic E-state index is 0.00456. The van der Waals surface area contributed by atoms with Crippen LogP contribution in [0.15, 0.2) is 104 Å². The first kappa shape index (κ1) is 49.5. The number of aromatic nitrogens is 3. The number of anilines is 4. The van der Waals surface area contributed by atoms with Gasteiger partial charge in [0.2, 0.25) is 17.2 Å². The zero-order chi connectivity index (χ0) is 46.3. The summed E-state index contributed by atoms with van der Waals surface area (Å²) in [6.07, 6.45) is 2.92. The molecule has 0 unspecified atom stereocenters. The van der Waals surface area contributed by atoms with Crippen LogP contribution in [0.2, 0.25) is 5.28 Å². The Hall–Kier alpha value is -4.48. The number of hydrogen-bond donors (Lipinski definition) is 6. The van der Waals surface area contributed by atoms with Crippen LogP contribution < -0.4 is 21.7 Å². The summed E-state index contributed by atoms with van der Waals surface area (Å²) in [6.45, 7) is 12.6. The molecule has 0 spiro atoms. The smallest absolute Gasteiger partial charge is 0.356 e. The van der Waals surface area contributed by atoms with Crippen LogP contribution in [0.3, 0.4) is 0 Å². The number of rotatable bonds is 15. The number of benzene rings is 5. The second kappa shape index (κ2) is 20.6. The van der Waals surface area contributed by atoms with Gasteiger partial charge >= 0.3 is 7.60 Å². The van der Waals surface area contributed by atoms with E-state index in [1.165, 1.54) is 55.6 Å². The fourth-order valence-electron chi connectivity index (χ4n) is 5.83. The molecule has 18 nitrogen and oxygen atoms in total. The Morgan fingerprint density at radius 2 is 1.62 bits per heavy atom. The Balaban J connectivity index is 0.000000667. The number of nitrogens with zero attached hydrogens (tertiary/aromatic N) is 5. The maximum atomic E-state index is 12.2. The minimum atomic E-state index is -5.01. The minimum Gasteiger partial charge on any atom is -0.744 e. The molecule has 0 atom stereocenters. The van der Waals surface area contributed by atoms with Crippen LogP contribution in [0.25, 0.3) is 21.5 Å². The lowest BCUT2D eigenvalue weighted by Crippen LogP contribution is -2.52. The predicted molar refractivity (Wildman–Crippen MR) is 244 cm³/mol. The third-order valence-electron chi connectivity index (χ3n) is 10.1. The summed E-state index contributed by atoms with van der Waals surface area (Å²) in [5, 5.41) is 31.9. The summed E-state index contributed by atoms with van der Waals surface area (Å²) in [7, 11) is -8.31. The molecule has 6 aromatic rings. The van der Waals surface area contributed by atoms with Crippen LogP contribution in [0.5, 0.6) is 5.75 Å². The molecule has 0 saturated carbocycles. The van der Waals surface area contributed by atoms with Crippen molar-refractivity contribution >= 4 is 115 Å². The monoisotopic (exact) mass is 960 g/mol.